The molecule has 1 aromatic rings. The third kappa shape index (κ3) is 2.02. The second-order valence-corrected chi connectivity index (χ2v) is 3.97. The molecular weight excluding hydrogens is 172 g/mol. The van der Waals surface area contributed by atoms with Crippen LogP contribution in [0, 0.1) is 6.92 Å². The molecule has 0 aliphatic carbocycles. The van der Waals surface area contributed by atoms with Gasteiger partial charge in [0.1, 0.15) is 0 Å². The van der Waals surface area contributed by atoms with E-state index in [1.807, 2.05) is 6.21 Å². The van der Waals surface area contributed by atoms with E-state index in [9.17, 15) is 0 Å². The Morgan fingerprint density at radius 3 is 2.64 bits per heavy atom. The molecule has 2 nitrogen and oxygen atoms in total. The average molecular weight is 188 g/mol. The Bertz CT molecular complexity index is 327. The SMILES string of the molecule is Cc1ccc(C2C=NCC(C)N2)cc1. The van der Waals surface area contributed by atoms with Crippen LogP contribution in [0.5, 0.6) is 0 Å². The molecule has 1 aliphatic heterocycles. The number of hydrogen-bond acceptors (Lipinski definition) is 2. The number of rotatable bonds is 1. The van der Waals surface area contributed by atoms with Gasteiger partial charge >= 0.3 is 0 Å². The summed E-state index contributed by atoms with van der Waals surface area (Å²) in [6.07, 6.45) is 2.00. The molecular formula is C12H16N2. The van der Waals surface area contributed by atoms with Crippen LogP contribution in [0.1, 0.15) is 24.1 Å². The maximum Gasteiger partial charge on any atom is 0.0679 e. The molecule has 1 N–H and O–H groups in total. The second-order valence-electron chi connectivity index (χ2n) is 3.97. The Morgan fingerprint density at radius 2 is 2.00 bits per heavy atom. The van der Waals surface area contributed by atoms with E-state index >= 15 is 0 Å². The fourth-order valence-corrected chi connectivity index (χ4v) is 1.68. The van der Waals surface area contributed by atoms with Gasteiger partial charge in [0.2, 0.25) is 0 Å². The minimum atomic E-state index is 0.291. The summed E-state index contributed by atoms with van der Waals surface area (Å²) in [7, 11) is 0. The van der Waals surface area contributed by atoms with E-state index in [1.165, 1.54) is 11.1 Å². The van der Waals surface area contributed by atoms with Crippen molar-refractivity contribution in [2.45, 2.75) is 25.9 Å². The van der Waals surface area contributed by atoms with Gasteiger partial charge in [0.05, 0.1) is 12.6 Å². The molecule has 0 saturated heterocycles. The first-order chi connectivity index (χ1) is 6.75. The monoisotopic (exact) mass is 188 g/mol. The topological polar surface area (TPSA) is 24.4 Å². The number of nitrogens with one attached hydrogen (secondary N) is 1. The summed E-state index contributed by atoms with van der Waals surface area (Å²) in [4.78, 5) is 4.35. The average Bonchev–Trinajstić information content (AvgIpc) is 2.19. The van der Waals surface area contributed by atoms with Crippen LogP contribution in [0.4, 0.5) is 0 Å². The van der Waals surface area contributed by atoms with E-state index in [-0.39, 0.29) is 0 Å². The van der Waals surface area contributed by atoms with Gasteiger partial charge in [0.25, 0.3) is 0 Å². The van der Waals surface area contributed by atoms with Crippen molar-refractivity contribution in [2.24, 2.45) is 4.99 Å². The molecule has 0 saturated carbocycles. The van der Waals surface area contributed by atoms with Crippen molar-refractivity contribution < 1.29 is 0 Å². The van der Waals surface area contributed by atoms with Gasteiger partial charge in [-0.05, 0) is 19.4 Å². The molecule has 2 atom stereocenters. The number of aryl methyl sites for hydroxylation is 1. The van der Waals surface area contributed by atoms with Gasteiger partial charge in [-0.3, -0.25) is 4.99 Å². The number of nitrogens with zero attached hydrogens (tertiary/aromatic N) is 1. The van der Waals surface area contributed by atoms with E-state index in [0.717, 1.165) is 6.54 Å². The fourth-order valence-electron chi connectivity index (χ4n) is 1.68. The predicted octanol–water partition coefficient (Wildman–Crippen LogP) is 2.10. The normalized spacial score (nSPS) is 26.4. The lowest BCUT2D eigenvalue weighted by Gasteiger charge is -2.23. The Hall–Kier alpha value is -1.15. The Kier molecular flexibility index (Phi) is 2.64. The molecule has 0 spiro atoms. The lowest BCUT2D eigenvalue weighted by molar-refractivity contribution is 0.514. The largest absolute Gasteiger partial charge is 0.301 e. The number of hydrogen-bond donors (Lipinski definition) is 1. The summed E-state index contributed by atoms with van der Waals surface area (Å²) < 4.78 is 0. The molecule has 0 fully saturated rings. The van der Waals surface area contributed by atoms with Crippen molar-refractivity contribution in [3.05, 3.63) is 35.4 Å². The van der Waals surface area contributed by atoms with Crippen LogP contribution in [-0.2, 0) is 0 Å². The molecule has 74 valence electrons. The highest BCUT2D eigenvalue weighted by Crippen LogP contribution is 2.15. The molecule has 1 heterocycles. The Morgan fingerprint density at radius 1 is 1.29 bits per heavy atom. The van der Waals surface area contributed by atoms with E-state index in [0.29, 0.717) is 12.1 Å². The first-order valence-corrected chi connectivity index (χ1v) is 5.08. The highest BCUT2D eigenvalue weighted by Gasteiger charge is 2.14. The summed E-state index contributed by atoms with van der Waals surface area (Å²) in [5.74, 6) is 0. The summed E-state index contributed by atoms with van der Waals surface area (Å²) >= 11 is 0. The molecule has 2 rings (SSSR count). The molecule has 1 aromatic carbocycles. The van der Waals surface area contributed by atoms with Crippen molar-refractivity contribution >= 4 is 6.21 Å². The Labute approximate surface area is 85.1 Å². The standard InChI is InChI=1S/C12H16N2/c1-9-3-5-11(6-4-9)12-8-13-7-10(2)14-12/h3-6,8,10,12,14H,7H2,1-2H3. The lowest BCUT2D eigenvalue weighted by Crippen LogP contribution is -2.37. The maximum atomic E-state index is 4.35. The summed E-state index contributed by atoms with van der Waals surface area (Å²) in [6, 6.07) is 9.38. The third-order valence-corrected chi connectivity index (χ3v) is 2.53. The van der Waals surface area contributed by atoms with Crippen molar-refractivity contribution in [3.63, 3.8) is 0 Å². The summed E-state index contributed by atoms with van der Waals surface area (Å²) in [6.45, 7) is 5.16. The van der Waals surface area contributed by atoms with Crippen LogP contribution in [0.2, 0.25) is 0 Å². The third-order valence-electron chi connectivity index (χ3n) is 2.53. The second kappa shape index (κ2) is 3.93. The molecule has 0 radical (unpaired) electrons. The molecule has 0 aromatic heterocycles. The number of aliphatic imine (C=N–C) groups is 1. The van der Waals surface area contributed by atoms with E-state index in [4.69, 9.17) is 0 Å². The molecule has 2 unspecified atom stereocenters. The zero-order chi connectivity index (χ0) is 9.97. The van der Waals surface area contributed by atoms with Gasteiger partial charge in [-0.2, -0.15) is 0 Å². The molecule has 14 heavy (non-hydrogen) atoms. The van der Waals surface area contributed by atoms with Crippen molar-refractivity contribution in [1.82, 2.24) is 5.32 Å². The zero-order valence-electron chi connectivity index (χ0n) is 8.70. The van der Waals surface area contributed by atoms with Crippen LogP contribution in [0.15, 0.2) is 29.3 Å². The Balaban J connectivity index is 2.18. The zero-order valence-corrected chi connectivity index (χ0v) is 8.70. The van der Waals surface area contributed by atoms with Crippen LogP contribution >= 0.6 is 0 Å². The van der Waals surface area contributed by atoms with Crippen molar-refractivity contribution in [1.29, 1.82) is 0 Å². The van der Waals surface area contributed by atoms with Crippen LogP contribution in [0.3, 0.4) is 0 Å². The smallest absolute Gasteiger partial charge is 0.0679 e. The quantitative estimate of drug-likeness (QED) is 0.717. The van der Waals surface area contributed by atoms with Crippen LogP contribution in [-0.4, -0.2) is 18.8 Å². The summed E-state index contributed by atoms with van der Waals surface area (Å²) in [5, 5.41) is 3.50. The highest BCUT2D eigenvalue weighted by molar-refractivity contribution is 5.68. The van der Waals surface area contributed by atoms with Crippen molar-refractivity contribution in [3.8, 4) is 0 Å². The first kappa shape index (κ1) is 9.41. The van der Waals surface area contributed by atoms with Gasteiger partial charge in [-0.15, -0.1) is 0 Å². The summed E-state index contributed by atoms with van der Waals surface area (Å²) in [5.41, 5.74) is 2.60. The van der Waals surface area contributed by atoms with E-state index in [2.05, 4.69) is 48.4 Å². The molecule has 0 bridgehead atoms. The van der Waals surface area contributed by atoms with E-state index < -0.39 is 0 Å². The van der Waals surface area contributed by atoms with Gasteiger partial charge < -0.3 is 5.32 Å². The lowest BCUT2D eigenvalue weighted by atomic mass is 10.0. The molecule has 0 amide bonds. The van der Waals surface area contributed by atoms with Crippen molar-refractivity contribution in [2.75, 3.05) is 6.54 Å². The fraction of sp³-hybridized carbons (Fsp3) is 0.417. The van der Waals surface area contributed by atoms with Gasteiger partial charge in [0, 0.05) is 12.3 Å². The van der Waals surface area contributed by atoms with Gasteiger partial charge in [0.15, 0.2) is 0 Å². The number of benzene rings is 1. The van der Waals surface area contributed by atoms with E-state index in [1.54, 1.807) is 0 Å². The minimum Gasteiger partial charge on any atom is -0.301 e. The predicted molar refractivity (Wildman–Crippen MR) is 59.9 cm³/mol. The minimum absolute atomic E-state index is 0.291. The highest BCUT2D eigenvalue weighted by atomic mass is 15.0. The van der Waals surface area contributed by atoms with Gasteiger partial charge in [-0.25, -0.2) is 0 Å². The van der Waals surface area contributed by atoms with Crippen LogP contribution < -0.4 is 5.32 Å². The van der Waals surface area contributed by atoms with Crippen LogP contribution in [0.25, 0.3) is 0 Å². The maximum absolute atomic E-state index is 4.35. The van der Waals surface area contributed by atoms with Gasteiger partial charge in [-0.1, -0.05) is 29.8 Å². The first-order valence-electron chi connectivity index (χ1n) is 5.08. The molecule has 1 aliphatic rings. The molecule has 2 heteroatoms.